The third-order valence-corrected chi connectivity index (χ3v) is 6.07. The molecule has 2 amide bonds. The third-order valence-electron chi connectivity index (χ3n) is 3.83. The number of anilines is 1. The molecule has 0 saturated carbocycles. The van der Waals surface area contributed by atoms with Gasteiger partial charge in [0.1, 0.15) is 10.8 Å². The predicted octanol–water partition coefficient (Wildman–Crippen LogP) is 4.58. The van der Waals surface area contributed by atoms with Gasteiger partial charge in [-0.25, -0.2) is 4.39 Å². The van der Waals surface area contributed by atoms with E-state index >= 15 is 0 Å². The number of hydrogen-bond acceptors (Lipinski definition) is 4. The first-order chi connectivity index (χ1) is 11.9. The highest BCUT2D eigenvalue weighted by atomic mass is 32.1. The summed E-state index contributed by atoms with van der Waals surface area (Å²) < 4.78 is 13.9. The van der Waals surface area contributed by atoms with Crippen molar-refractivity contribution in [3.8, 4) is 10.4 Å². The van der Waals surface area contributed by atoms with Crippen LogP contribution in [-0.2, 0) is 0 Å². The van der Waals surface area contributed by atoms with Gasteiger partial charge >= 0.3 is 0 Å². The lowest BCUT2D eigenvalue weighted by Crippen LogP contribution is -2.16. The molecular weight excluding hydrogens is 359 g/mol. The van der Waals surface area contributed by atoms with Gasteiger partial charge in [-0.2, -0.15) is 0 Å². The average Bonchev–Trinajstić information content (AvgIpc) is 3.14. The van der Waals surface area contributed by atoms with Crippen molar-refractivity contribution in [1.29, 1.82) is 0 Å². The Morgan fingerprint density at radius 2 is 1.80 bits per heavy atom. The van der Waals surface area contributed by atoms with Crippen molar-refractivity contribution < 1.29 is 14.0 Å². The summed E-state index contributed by atoms with van der Waals surface area (Å²) in [5.41, 5.74) is 6.97. The highest BCUT2D eigenvalue weighted by molar-refractivity contribution is 7.18. The zero-order chi connectivity index (χ0) is 18.1. The van der Waals surface area contributed by atoms with Crippen LogP contribution in [0.15, 0.2) is 36.4 Å². The summed E-state index contributed by atoms with van der Waals surface area (Å²) in [7, 11) is 0. The van der Waals surface area contributed by atoms with Gasteiger partial charge in [0.15, 0.2) is 0 Å². The van der Waals surface area contributed by atoms with Crippen molar-refractivity contribution in [2.75, 3.05) is 5.32 Å². The number of rotatable bonds is 4. The van der Waals surface area contributed by atoms with Crippen LogP contribution < -0.4 is 11.1 Å². The Morgan fingerprint density at radius 3 is 2.48 bits per heavy atom. The van der Waals surface area contributed by atoms with Crippen LogP contribution in [0.1, 0.15) is 30.5 Å². The summed E-state index contributed by atoms with van der Waals surface area (Å²) in [4.78, 5) is 26.1. The Morgan fingerprint density at radius 1 is 1.08 bits per heavy atom. The van der Waals surface area contributed by atoms with E-state index in [1.54, 1.807) is 37.3 Å². The summed E-state index contributed by atoms with van der Waals surface area (Å²) in [5.74, 6) is -1.26. The molecule has 0 fully saturated rings. The van der Waals surface area contributed by atoms with E-state index in [4.69, 9.17) is 5.73 Å². The van der Waals surface area contributed by atoms with E-state index in [1.807, 2.05) is 6.92 Å². The molecule has 7 heteroatoms. The normalized spacial score (nSPS) is 10.7. The smallest absolute Gasteiger partial charge is 0.266 e. The van der Waals surface area contributed by atoms with Gasteiger partial charge in [-0.05, 0) is 37.6 Å². The van der Waals surface area contributed by atoms with Crippen LogP contribution in [0.3, 0.4) is 0 Å². The molecule has 0 atom stereocenters. The molecule has 3 rings (SSSR count). The summed E-state index contributed by atoms with van der Waals surface area (Å²) >= 11 is 2.50. The van der Waals surface area contributed by atoms with Gasteiger partial charge < -0.3 is 11.1 Å². The van der Waals surface area contributed by atoms with Crippen molar-refractivity contribution in [2.24, 2.45) is 5.73 Å². The lowest BCUT2D eigenvalue weighted by atomic mass is 10.1. The molecule has 2 aromatic heterocycles. The fourth-order valence-electron chi connectivity index (χ4n) is 2.44. The third kappa shape index (κ3) is 3.33. The monoisotopic (exact) mass is 374 g/mol. The Kier molecular flexibility index (Phi) is 4.69. The average molecular weight is 374 g/mol. The van der Waals surface area contributed by atoms with Crippen LogP contribution in [0.2, 0.25) is 0 Å². The van der Waals surface area contributed by atoms with Crippen molar-refractivity contribution in [1.82, 2.24) is 0 Å². The summed E-state index contributed by atoms with van der Waals surface area (Å²) in [6.45, 7) is 3.66. The van der Waals surface area contributed by atoms with E-state index in [0.717, 1.165) is 10.4 Å². The number of carbonyl (C=O) groups is 2. The maximum Gasteiger partial charge on any atom is 0.266 e. The maximum absolute atomic E-state index is 13.9. The van der Waals surface area contributed by atoms with Crippen LogP contribution in [0.5, 0.6) is 0 Å². The number of hydrogen-bond donors (Lipinski definition) is 2. The van der Waals surface area contributed by atoms with Crippen LogP contribution in [0, 0.1) is 19.7 Å². The second-order valence-electron chi connectivity index (χ2n) is 5.45. The number of aryl methyl sites for hydroxylation is 1. The highest BCUT2D eigenvalue weighted by Gasteiger charge is 2.20. The molecule has 0 unspecified atom stereocenters. The summed E-state index contributed by atoms with van der Waals surface area (Å²) in [5, 5.41) is 3.18. The minimum Gasteiger partial charge on any atom is -0.365 e. The molecule has 128 valence electrons. The molecular formula is C18H15FN2O2S2. The van der Waals surface area contributed by atoms with Gasteiger partial charge in [-0.1, -0.05) is 18.2 Å². The SMILES string of the molecule is Cc1sc(NC(=O)c2ccc(-c3ccccc3F)s2)c(C(N)=O)c1C. The molecule has 0 aliphatic heterocycles. The molecule has 3 N–H and O–H groups in total. The van der Waals surface area contributed by atoms with Crippen LogP contribution in [0.4, 0.5) is 9.39 Å². The van der Waals surface area contributed by atoms with Crippen LogP contribution in [-0.4, -0.2) is 11.8 Å². The van der Waals surface area contributed by atoms with Crippen LogP contribution in [0.25, 0.3) is 10.4 Å². The number of nitrogens with two attached hydrogens (primary N) is 1. The van der Waals surface area contributed by atoms with Gasteiger partial charge in [-0.15, -0.1) is 22.7 Å². The molecule has 0 spiro atoms. The Hall–Kier alpha value is -2.51. The van der Waals surface area contributed by atoms with E-state index < -0.39 is 5.91 Å². The molecule has 25 heavy (non-hydrogen) atoms. The Bertz CT molecular complexity index is 975. The highest BCUT2D eigenvalue weighted by Crippen LogP contribution is 2.34. The second kappa shape index (κ2) is 6.78. The quantitative estimate of drug-likeness (QED) is 0.701. The van der Waals surface area contributed by atoms with Crippen molar-refractivity contribution >= 4 is 39.5 Å². The molecule has 1 aromatic carbocycles. The number of carbonyl (C=O) groups excluding carboxylic acids is 2. The van der Waals surface area contributed by atoms with Crippen LogP contribution >= 0.6 is 22.7 Å². The second-order valence-corrected chi connectivity index (χ2v) is 7.76. The van der Waals surface area contributed by atoms with Crippen molar-refractivity contribution in [3.05, 3.63) is 63.1 Å². The number of primary amides is 1. The Balaban J connectivity index is 1.88. The van der Waals surface area contributed by atoms with Gasteiger partial charge in [0.2, 0.25) is 0 Å². The van der Waals surface area contributed by atoms with E-state index in [9.17, 15) is 14.0 Å². The van der Waals surface area contributed by atoms with Gasteiger partial charge in [0.05, 0.1) is 10.4 Å². The lowest BCUT2D eigenvalue weighted by Gasteiger charge is -2.03. The fourth-order valence-corrected chi connectivity index (χ4v) is 4.43. The number of amides is 2. The van der Waals surface area contributed by atoms with Gasteiger partial charge in [0, 0.05) is 15.3 Å². The zero-order valence-corrected chi connectivity index (χ0v) is 15.2. The molecule has 0 saturated heterocycles. The van der Waals surface area contributed by atoms with E-state index in [0.29, 0.717) is 25.9 Å². The zero-order valence-electron chi connectivity index (χ0n) is 13.6. The van der Waals surface area contributed by atoms with Gasteiger partial charge in [-0.3, -0.25) is 9.59 Å². The first-order valence-electron chi connectivity index (χ1n) is 7.44. The molecule has 0 bridgehead atoms. The standard InChI is InChI=1S/C18H15FN2O2S2/c1-9-10(2)24-18(15(9)16(20)22)21-17(23)14-8-7-13(25-14)11-5-3-4-6-12(11)19/h3-8H,1-2H3,(H2,20,22)(H,21,23). The van der Waals surface area contributed by atoms with Crippen molar-refractivity contribution in [2.45, 2.75) is 13.8 Å². The largest absolute Gasteiger partial charge is 0.365 e. The molecule has 2 heterocycles. The van der Waals surface area contributed by atoms with Crippen molar-refractivity contribution in [3.63, 3.8) is 0 Å². The minimum atomic E-state index is -0.574. The number of thiophene rings is 2. The lowest BCUT2D eigenvalue weighted by molar-refractivity contribution is 0.100. The number of nitrogens with one attached hydrogen (secondary N) is 1. The summed E-state index contributed by atoms with van der Waals surface area (Å²) in [6, 6.07) is 9.75. The first-order valence-corrected chi connectivity index (χ1v) is 9.07. The fraction of sp³-hybridized carbons (Fsp3) is 0.111. The first kappa shape index (κ1) is 17.3. The molecule has 4 nitrogen and oxygen atoms in total. The topological polar surface area (TPSA) is 72.2 Å². The van der Waals surface area contributed by atoms with E-state index in [2.05, 4.69) is 5.32 Å². The molecule has 0 aliphatic rings. The predicted molar refractivity (Wildman–Crippen MR) is 100.0 cm³/mol. The Labute approximate surface area is 152 Å². The van der Waals surface area contributed by atoms with E-state index in [1.165, 1.54) is 28.7 Å². The number of halogens is 1. The molecule has 0 radical (unpaired) electrons. The molecule has 3 aromatic rings. The summed E-state index contributed by atoms with van der Waals surface area (Å²) in [6.07, 6.45) is 0. The maximum atomic E-state index is 13.9. The van der Waals surface area contributed by atoms with E-state index in [-0.39, 0.29) is 11.7 Å². The number of benzene rings is 1. The minimum absolute atomic E-state index is 0.335. The van der Waals surface area contributed by atoms with Gasteiger partial charge in [0.25, 0.3) is 11.8 Å². The molecule has 0 aliphatic carbocycles.